The monoisotopic (exact) mass is 327 g/mol. The normalized spacial score (nSPS) is 25.3. The van der Waals surface area contributed by atoms with Crippen LogP contribution in [0.2, 0.25) is 0 Å². The van der Waals surface area contributed by atoms with E-state index in [9.17, 15) is 4.39 Å². The van der Waals surface area contributed by atoms with Gasteiger partial charge in [-0.25, -0.2) is 4.39 Å². The van der Waals surface area contributed by atoms with Crippen molar-refractivity contribution in [2.75, 3.05) is 7.05 Å². The number of halogens is 2. The summed E-state index contributed by atoms with van der Waals surface area (Å²) in [5.41, 5.74) is 1.07. The van der Waals surface area contributed by atoms with E-state index >= 15 is 0 Å². The zero-order valence-corrected chi connectivity index (χ0v) is 13.3. The summed E-state index contributed by atoms with van der Waals surface area (Å²) in [4.78, 5) is 0. The molecule has 0 aromatic heterocycles. The fourth-order valence-electron chi connectivity index (χ4n) is 3.18. The Morgan fingerprint density at radius 1 is 1.26 bits per heavy atom. The van der Waals surface area contributed by atoms with E-state index in [1.165, 1.54) is 31.7 Å². The van der Waals surface area contributed by atoms with Crippen molar-refractivity contribution in [3.8, 4) is 0 Å². The number of hydrogen-bond acceptors (Lipinski definition) is 1. The summed E-state index contributed by atoms with van der Waals surface area (Å²) in [7, 11) is 2.02. The highest BCUT2D eigenvalue weighted by Gasteiger charge is 2.25. The molecule has 1 aliphatic rings. The lowest BCUT2D eigenvalue weighted by atomic mass is 9.78. The van der Waals surface area contributed by atoms with Crippen molar-refractivity contribution in [2.24, 2.45) is 11.8 Å². The van der Waals surface area contributed by atoms with E-state index in [0.29, 0.717) is 6.04 Å². The van der Waals surface area contributed by atoms with E-state index in [0.717, 1.165) is 28.3 Å². The van der Waals surface area contributed by atoms with E-state index < -0.39 is 0 Å². The second-order valence-corrected chi connectivity index (χ2v) is 6.81. The number of hydrogen-bond donors (Lipinski definition) is 1. The molecule has 1 saturated carbocycles. The Balaban J connectivity index is 2.02. The molecule has 1 atom stereocenters. The molecule has 1 fully saturated rings. The summed E-state index contributed by atoms with van der Waals surface area (Å²) in [5.74, 6) is 1.44. The van der Waals surface area contributed by atoms with Gasteiger partial charge in [0, 0.05) is 10.5 Å². The van der Waals surface area contributed by atoms with Crippen molar-refractivity contribution >= 4 is 15.9 Å². The summed E-state index contributed by atoms with van der Waals surface area (Å²) in [6.07, 6.45) is 6.16. The molecule has 1 aromatic carbocycles. The van der Waals surface area contributed by atoms with Crippen LogP contribution >= 0.6 is 15.9 Å². The van der Waals surface area contributed by atoms with Gasteiger partial charge >= 0.3 is 0 Å². The zero-order chi connectivity index (χ0) is 13.8. The Hall–Kier alpha value is -0.410. The van der Waals surface area contributed by atoms with Crippen molar-refractivity contribution < 1.29 is 4.39 Å². The highest BCUT2D eigenvalue weighted by Crippen LogP contribution is 2.31. The van der Waals surface area contributed by atoms with Gasteiger partial charge in [-0.2, -0.15) is 0 Å². The van der Waals surface area contributed by atoms with E-state index in [2.05, 4.69) is 28.2 Å². The molecular weight excluding hydrogens is 305 g/mol. The van der Waals surface area contributed by atoms with Gasteiger partial charge in [0.2, 0.25) is 0 Å². The van der Waals surface area contributed by atoms with Gasteiger partial charge in [-0.1, -0.05) is 35.7 Å². The number of rotatable bonds is 4. The van der Waals surface area contributed by atoms with Gasteiger partial charge in [0.05, 0.1) is 0 Å². The third kappa shape index (κ3) is 4.28. The molecule has 1 unspecified atom stereocenters. The maximum absolute atomic E-state index is 13.4. The number of likely N-dealkylation sites (N-methyl/N-ethyl adjacent to an activating group) is 1. The minimum Gasteiger partial charge on any atom is -0.316 e. The van der Waals surface area contributed by atoms with Crippen molar-refractivity contribution in [3.05, 3.63) is 34.1 Å². The van der Waals surface area contributed by atoms with Crippen LogP contribution in [0.3, 0.4) is 0 Å². The molecule has 0 saturated heterocycles. The molecule has 1 N–H and O–H groups in total. The molecule has 2 rings (SSSR count). The molecule has 19 heavy (non-hydrogen) atoms. The summed E-state index contributed by atoms with van der Waals surface area (Å²) in [6.45, 7) is 2.34. The second kappa shape index (κ2) is 6.85. The highest BCUT2D eigenvalue weighted by molar-refractivity contribution is 9.10. The second-order valence-electron chi connectivity index (χ2n) is 5.90. The Kier molecular flexibility index (Phi) is 5.40. The van der Waals surface area contributed by atoms with Crippen LogP contribution in [0.25, 0.3) is 0 Å². The molecule has 3 heteroatoms. The van der Waals surface area contributed by atoms with Gasteiger partial charge in [0.25, 0.3) is 0 Å². The van der Waals surface area contributed by atoms with Gasteiger partial charge in [-0.15, -0.1) is 0 Å². The fraction of sp³-hybridized carbons (Fsp3) is 0.625. The molecule has 0 aliphatic heterocycles. The predicted molar refractivity (Wildman–Crippen MR) is 81.8 cm³/mol. The van der Waals surface area contributed by atoms with E-state index in [4.69, 9.17) is 0 Å². The molecule has 0 amide bonds. The minimum atomic E-state index is -0.156. The van der Waals surface area contributed by atoms with Crippen LogP contribution in [-0.2, 0) is 6.42 Å². The fourth-order valence-corrected chi connectivity index (χ4v) is 3.69. The summed E-state index contributed by atoms with van der Waals surface area (Å²) in [6, 6.07) is 5.65. The molecule has 0 bridgehead atoms. The minimum absolute atomic E-state index is 0.156. The molecule has 1 aromatic rings. The van der Waals surface area contributed by atoms with Gasteiger partial charge in [-0.05, 0) is 61.9 Å². The maximum atomic E-state index is 13.4. The molecule has 0 radical (unpaired) electrons. The lowest BCUT2D eigenvalue weighted by molar-refractivity contribution is 0.235. The lowest BCUT2D eigenvalue weighted by Crippen LogP contribution is -2.37. The molecule has 0 spiro atoms. The summed E-state index contributed by atoms with van der Waals surface area (Å²) in [5, 5.41) is 3.44. The molecule has 1 nitrogen and oxygen atoms in total. The first-order chi connectivity index (χ1) is 9.08. The van der Waals surface area contributed by atoms with Gasteiger partial charge in [-0.3, -0.25) is 0 Å². The van der Waals surface area contributed by atoms with E-state index in [1.54, 1.807) is 6.07 Å². The van der Waals surface area contributed by atoms with Crippen LogP contribution < -0.4 is 5.32 Å². The molecule has 106 valence electrons. The topological polar surface area (TPSA) is 12.0 Å². The van der Waals surface area contributed by atoms with Gasteiger partial charge in [0.1, 0.15) is 5.82 Å². The summed E-state index contributed by atoms with van der Waals surface area (Å²) < 4.78 is 14.3. The lowest BCUT2D eigenvalue weighted by Gasteiger charge is -2.32. The first-order valence-electron chi connectivity index (χ1n) is 7.20. The average molecular weight is 328 g/mol. The van der Waals surface area contributed by atoms with E-state index in [-0.39, 0.29) is 5.82 Å². The van der Waals surface area contributed by atoms with Crippen LogP contribution in [-0.4, -0.2) is 13.1 Å². The molecule has 1 aliphatic carbocycles. The van der Waals surface area contributed by atoms with Crippen LogP contribution in [0.5, 0.6) is 0 Å². The maximum Gasteiger partial charge on any atom is 0.124 e. The van der Waals surface area contributed by atoms with Crippen LogP contribution in [0, 0.1) is 17.7 Å². The Bertz CT molecular complexity index is 393. The van der Waals surface area contributed by atoms with Crippen molar-refractivity contribution in [1.29, 1.82) is 0 Å². The zero-order valence-electron chi connectivity index (χ0n) is 11.8. The molecular formula is C16H23BrFN. The standard InChI is InChI=1S/C16H23BrFN/c1-11-3-5-13(6-4-11)16(19-2)9-12-7-14(17)10-15(18)8-12/h7-8,10-11,13,16,19H,3-6,9H2,1-2H3. The quantitative estimate of drug-likeness (QED) is 0.855. The van der Waals surface area contributed by atoms with Crippen molar-refractivity contribution in [3.63, 3.8) is 0 Å². The van der Waals surface area contributed by atoms with E-state index in [1.807, 2.05) is 13.1 Å². The van der Waals surface area contributed by atoms with Gasteiger partial charge in [0.15, 0.2) is 0 Å². The number of nitrogens with one attached hydrogen (secondary N) is 1. The van der Waals surface area contributed by atoms with Crippen LogP contribution in [0.15, 0.2) is 22.7 Å². The van der Waals surface area contributed by atoms with Crippen LogP contribution in [0.4, 0.5) is 4.39 Å². The van der Waals surface area contributed by atoms with Crippen molar-refractivity contribution in [2.45, 2.75) is 45.1 Å². The third-order valence-corrected chi connectivity index (χ3v) is 4.84. The largest absolute Gasteiger partial charge is 0.316 e. The predicted octanol–water partition coefficient (Wildman–Crippen LogP) is 4.55. The Labute approximate surface area is 124 Å². The third-order valence-electron chi connectivity index (χ3n) is 4.38. The SMILES string of the molecule is CNC(Cc1cc(F)cc(Br)c1)C1CCC(C)CC1. The molecule has 0 heterocycles. The van der Waals surface area contributed by atoms with Gasteiger partial charge < -0.3 is 5.32 Å². The average Bonchev–Trinajstić information content (AvgIpc) is 2.36. The van der Waals surface area contributed by atoms with Crippen molar-refractivity contribution in [1.82, 2.24) is 5.32 Å². The summed E-state index contributed by atoms with van der Waals surface area (Å²) >= 11 is 3.37. The first kappa shape index (κ1) is 15.0. The highest BCUT2D eigenvalue weighted by atomic mass is 79.9. The van der Waals surface area contributed by atoms with Crippen LogP contribution in [0.1, 0.15) is 38.2 Å². The Morgan fingerprint density at radius 3 is 2.53 bits per heavy atom. The first-order valence-corrected chi connectivity index (χ1v) is 8.00. The smallest absolute Gasteiger partial charge is 0.124 e. The number of benzene rings is 1. The Morgan fingerprint density at radius 2 is 1.95 bits per heavy atom.